The van der Waals surface area contributed by atoms with Crippen molar-refractivity contribution in [2.45, 2.75) is 122 Å². The number of carbonyl (C=O) groups is 3. The monoisotopic (exact) mass is 990 g/mol. The molecule has 4 aliphatic rings. The number of carbonyl (C=O) groups excluding carboxylic acids is 3. The van der Waals surface area contributed by atoms with Crippen molar-refractivity contribution >= 4 is 17.8 Å². The first-order valence-electron chi connectivity index (χ1n) is 19.9. The van der Waals surface area contributed by atoms with Crippen LogP contribution in [0.2, 0.25) is 0 Å². The molecule has 1 saturated heterocycles. The molecule has 2 amide bonds. The van der Waals surface area contributed by atoms with E-state index in [0.29, 0.717) is 59.6 Å². The summed E-state index contributed by atoms with van der Waals surface area (Å²) in [4.78, 5) is 44.4. The molecule has 4 aliphatic heterocycles. The van der Waals surface area contributed by atoms with Gasteiger partial charge in [0.1, 0.15) is 23.6 Å². The fraction of sp³-hybridized carbons (Fsp3) is 0.500. The molecule has 3 aromatic rings. The van der Waals surface area contributed by atoms with Crippen molar-refractivity contribution in [3.63, 3.8) is 0 Å². The first kappa shape index (κ1) is 42.9. The van der Waals surface area contributed by atoms with Crippen LogP contribution >= 0.6 is 0 Å². The number of nitrogens with zero attached hydrogens (tertiary/aromatic N) is 3. The van der Waals surface area contributed by atoms with Crippen LogP contribution in [0, 0.1) is 76.2 Å². The molecule has 57 heavy (non-hydrogen) atoms. The second kappa shape index (κ2) is 18.1. The van der Waals surface area contributed by atoms with Crippen molar-refractivity contribution in [3.05, 3.63) is 80.9 Å². The zero-order valence-corrected chi connectivity index (χ0v) is 38.6. The molecule has 0 aromatic heterocycles. The number of ether oxygens (including phenoxy) is 3. The summed E-state index contributed by atoms with van der Waals surface area (Å²) in [5.41, 5.74) is 6.86. The van der Waals surface area contributed by atoms with Gasteiger partial charge in [-0.25, -0.2) is 0 Å². The number of benzene rings is 3. The number of aryl methyl sites for hydroxylation is 2. The van der Waals surface area contributed by atoms with E-state index in [1.165, 1.54) is 0 Å². The summed E-state index contributed by atoms with van der Waals surface area (Å²) in [7, 11) is 2.03. The number of amides is 2. The van der Waals surface area contributed by atoms with Crippen LogP contribution in [0.3, 0.4) is 0 Å². The van der Waals surface area contributed by atoms with Crippen LogP contribution in [0.25, 0.3) is 0 Å². The molecule has 3 N–H and O–H groups in total. The number of nitrogens with one attached hydrogen (secondary N) is 2. The molecule has 4 heterocycles. The van der Waals surface area contributed by atoms with Crippen molar-refractivity contribution in [1.82, 2.24) is 20.4 Å². The third-order valence-electron chi connectivity index (χ3n) is 12.4. The molecule has 13 heteroatoms. The minimum Gasteiger partial charge on any atom is -0.507 e. The normalized spacial score (nSPS) is 22.2. The van der Waals surface area contributed by atoms with Gasteiger partial charge in [0.25, 0.3) is 0 Å². The number of unbranched alkanes of at least 4 members (excludes halogenated alkanes) is 2. The van der Waals surface area contributed by atoms with Crippen LogP contribution in [-0.2, 0) is 33.6 Å². The van der Waals surface area contributed by atoms with Crippen LogP contribution < -0.4 is 24.8 Å². The molecule has 3 aromatic carbocycles. The number of esters is 1. The van der Waals surface area contributed by atoms with E-state index in [9.17, 15) is 24.8 Å². The van der Waals surface area contributed by atoms with E-state index < -0.39 is 18.1 Å². The average molecular weight is 991 g/mol. The Kier molecular flexibility index (Phi) is 13.6. The molecule has 7 rings (SSSR count). The number of hydrogen-bond donors (Lipinski definition) is 3. The van der Waals surface area contributed by atoms with Gasteiger partial charge in [-0.3, -0.25) is 24.2 Å². The molecule has 299 valence electrons. The molecular formula is C44H53AcN5O7. The third-order valence-corrected chi connectivity index (χ3v) is 12.4. The van der Waals surface area contributed by atoms with Gasteiger partial charge in [0.15, 0.2) is 11.5 Å². The van der Waals surface area contributed by atoms with E-state index in [4.69, 9.17) is 14.2 Å². The number of phenolic OH excluding ortho intramolecular Hbond substituents is 1. The molecule has 2 unspecified atom stereocenters. The molecule has 0 saturated carbocycles. The Labute approximate surface area is 371 Å². The smallest absolute Gasteiger partial charge is 0.311 e. The zero-order chi connectivity index (χ0) is 39.8. The molecule has 6 atom stereocenters. The maximum Gasteiger partial charge on any atom is 0.311 e. The van der Waals surface area contributed by atoms with Gasteiger partial charge in [-0.2, -0.15) is 5.26 Å². The molecular weight excluding hydrogens is 938 g/mol. The summed E-state index contributed by atoms with van der Waals surface area (Å²) >= 11 is 0. The summed E-state index contributed by atoms with van der Waals surface area (Å²) in [6.45, 7) is 9.62. The number of phenols is 1. The van der Waals surface area contributed by atoms with Crippen LogP contribution in [0.1, 0.15) is 103 Å². The number of nitriles is 1. The predicted molar refractivity (Wildman–Crippen MR) is 210 cm³/mol. The van der Waals surface area contributed by atoms with Crippen LogP contribution in [0.4, 0.5) is 0 Å². The standard InChI is InChI=1S/C44H53N5O7.Ac/c1-7-8-10-15-36(51)56-41-25(3)24(2)18-29-19-31-33(21-45)49-32(39(37(29)41)48(31)6)20-30-38(43-42(54-23-55-43)26(4)40(30)52)34(49)22-46-44(53)27(5)47-35(50)17-16-28-13-11-9-12-14-28;/h9,11-14,18,27,31-34,39,52H,7-8,10,15-17,19-20,22-23H2,1-6H3,(H,46,53)(H,47,50);/t27?,31-,32?,33+,34+,39+;/m1./s1. The number of likely N-dealkylation sites (N-methyl/N-ethyl adjacent to an activating group) is 1. The van der Waals surface area contributed by atoms with E-state index in [1.54, 1.807) is 13.8 Å². The van der Waals surface area contributed by atoms with Crippen LogP contribution in [0.15, 0.2) is 36.4 Å². The SMILES string of the molecule is CCCCCC(=O)Oc1c(C)c(C)cc2c1[C@@H]1C3Cc4c(O)c(C)c5c(c4[C@H](CNC(=O)C(C)NC(=O)CCc4ccccc4)N3[C@@H](C#N)[C@@H](C2)N1C)OCO5.[Ac]. The topological polar surface area (TPSA) is 153 Å². The summed E-state index contributed by atoms with van der Waals surface area (Å²) in [6.07, 6.45) is 4.74. The van der Waals surface area contributed by atoms with Crippen molar-refractivity contribution in [2.75, 3.05) is 20.4 Å². The molecule has 0 spiro atoms. The summed E-state index contributed by atoms with van der Waals surface area (Å²) in [5.74, 6) is 0.756. The Morgan fingerprint density at radius 1 is 1.02 bits per heavy atom. The number of piperazine rings is 1. The number of aromatic hydroxyl groups is 1. The first-order chi connectivity index (χ1) is 26.9. The first-order valence-corrected chi connectivity index (χ1v) is 19.9. The largest absolute Gasteiger partial charge is 0.507 e. The minimum absolute atomic E-state index is 0. The van der Waals surface area contributed by atoms with Gasteiger partial charge in [-0.05, 0) is 82.7 Å². The quantitative estimate of drug-likeness (QED) is 0.120. The second-order valence-corrected chi connectivity index (χ2v) is 15.8. The molecule has 12 nitrogen and oxygen atoms in total. The molecule has 1 radical (unpaired) electrons. The molecule has 1 fully saturated rings. The van der Waals surface area contributed by atoms with Crippen molar-refractivity contribution < 1.29 is 77.8 Å². The van der Waals surface area contributed by atoms with Crippen LogP contribution in [-0.4, -0.2) is 77.2 Å². The van der Waals surface area contributed by atoms with E-state index in [-0.39, 0.29) is 105 Å². The van der Waals surface area contributed by atoms with Gasteiger partial charge >= 0.3 is 5.97 Å². The minimum atomic E-state index is -0.819. The number of rotatable bonds is 12. The van der Waals surface area contributed by atoms with Gasteiger partial charge in [0, 0.05) is 97.8 Å². The summed E-state index contributed by atoms with van der Waals surface area (Å²) < 4.78 is 18.3. The second-order valence-electron chi connectivity index (χ2n) is 15.8. The summed E-state index contributed by atoms with van der Waals surface area (Å²) in [5, 5.41) is 28.8. The van der Waals surface area contributed by atoms with E-state index in [0.717, 1.165) is 47.1 Å². The van der Waals surface area contributed by atoms with Gasteiger partial charge in [-0.1, -0.05) is 56.2 Å². The Balaban J connectivity index is 0.00000549. The van der Waals surface area contributed by atoms with E-state index in [2.05, 4.69) is 39.5 Å². The molecule has 0 aliphatic carbocycles. The maximum atomic E-state index is 13.7. The van der Waals surface area contributed by atoms with Gasteiger partial charge in [-0.15, -0.1) is 0 Å². The average Bonchev–Trinajstić information content (AvgIpc) is 3.68. The Morgan fingerprint density at radius 3 is 2.47 bits per heavy atom. The van der Waals surface area contributed by atoms with Gasteiger partial charge in [0.2, 0.25) is 18.6 Å². The number of fused-ring (bicyclic) bond motifs is 9. The third kappa shape index (κ3) is 8.17. The van der Waals surface area contributed by atoms with Gasteiger partial charge < -0.3 is 30.0 Å². The fourth-order valence-electron chi connectivity index (χ4n) is 9.34. The number of hydrogen-bond acceptors (Lipinski definition) is 10. The Bertz CT molecular complexity index is 2070. The Morgan fingerprint density at radius 2 is 1.75 bits per heavy atom. The van der Waals surface area contributed by atoms with Crippen molar-refractivity contribution in [3.8, 4) is 29.1 Å². The van der Waals surface area contributed by atoms with Crippen molar-refractivity contribution in [2.24, 2.45) is 0 Å². The molecule has 2 bridgehead atoms. The van der Waals surface area contributed by atoms with E-state index >= 15 is 0 Å². The van der Waals surface area contributed by atoms with Crippen LogP contribution in [0.5, 0.6) is 23.0 Å². The van der Waals surface area contributed by atoms with E-state index in [1.807, 2.05) is 51.2 Å². The van der Waals surface area contributed by atoms with Gasteiger partial charge in [0.05, 0.1) is 18.2 Å². The zero-order valence-electron chi connectivity index (χ0n) is 33.8. The Hall–Kier alpha value is -3.68. The van der Waals surface area contributed by atoms with Crippen molar-refractivity contribution in [1.29, 1.82) is 5.26 Å². The predicted octanol–water partition coefficient (Wildman–Crippen LogP) is 5.56. The fourth-order valence-corrected chi connectivity index (χ4v) is 9.34. The maximum absolute atomic E-state index is 13.7. The summed E-state index contributed by atoms with van der Waals surface area (Å²) in [6, 6.07) is 11.6.